The lowest BCUT2D eigenvalue weighted by Gasteiger charge is -2.33. The summed E-state index contributed by atoms with van der Waals surface area (Å²) in [6, 6.07) is 11.7. The summed E-state index contributed by atoms with van der Waals surface area (Å²) >= 11 is 3.43. The number of fused-ring (bicyclic) bond motifs is 1. The Balaban J connectivity index is 1.49. The van der Waals surface area contributed by atoms with Crippen LogP contribution in [0, 0.1) is 12.8 Å². The molecule has 1 fully saturated rings. The first-order valence-corrected chi connectivity index (χ1v) is 9.74. The van der Waals surface area contributed by atoms with Gasteiger partial charge in [0.1, 0.15) is 11.6 Å². The molecule has 0 atom stereocenters. The second-order valence-corrected chi connectivity index (χ2v) is 7.77. The van der Waals surface area contributed by atoms with Gasteiger partial charge in [0.05, 0.1) is 10.9 Å². The predicted octanol–water partition coefficient (Wildman–Crippen LogP) is 3.78. The van der Waals surface area contributed by atoms with Gasteiger partial charge in [-0.05, 0) is 65.9 Å². The van der Waals surface area contributed by atoms with Crippen molar-refractivity contribution in [2.24, 2.45) is 5.92 Å². The van der Waals surface area contributed by atoms with Crippen LogP contribution in [-0.2, 0) is 6.54 Å². The molecule has 5 nitrogen and oxygen atoms in total. The summed E-state index contributed by atoms with van der Waals surface area (Å²) in [6.45, 7) is 4.60. The number of anilines is 1. The highest BCUT2D eigenvalue weighted by Gasteiger charge is 2.22. The molecule has 0 bridgehead atoms. The van der Waals surface area contributed by atoms with E-state index in [1.54, 1.807) is 0 Å². The molecule has 0 saturated carbocycles. The third kappa shape index (κ3) is 3.38. The lowest BCUT2D eigenvalue weighted by Crippen LogP contribution is -2.37. The molecule has 2 aromatic heterocycles. The van der Waals surface area contributed by atoms with Crippen LogP contribution in [0.5, 0.6) is 0 Å². The lowest BCUT2D eigenvalue weighted by molar-refractivity contribution is 0.348. The number of hydrogen-bond donors (Lipinski definition) is 0. The quantitative estimate of drug-likeness (QED) is 0.656. The van der Waals surface area contributed by atoms with Crippen molar-refractivity contribution in [3.05, 3.63) is 63.2 Å². The van der Waals surface area contributed by atoms with E-state index < -0.39 is 0 Å². The molecule has 0 amide bonds. The molecule has 0 radical (unpaired) electrons. The summed E-state index contributed by atoms with van der Waals surface area (Å²) in [4.78, 5) is 24.3. The summed E-state index contributed by atoms with van der Waals surface area (Å²) in [5, 5.41) is 0.703. The molecule has 6 heteroatoms. The van der Waals surface area contributed by atoms with E-state index in [0.29, 0.717) is 11.3 Å². The van der Waals surface area contributed by atoms with Gasteiger partial charge in [-0.2, -0.15) is 0 Å². The van der Waals surface area contributed by atoms with Gasteiger partial charge < -0.3 is 4.90 Å². The van der Waals surface area contributed by atoms with Crippen molar-refractivity contribution in [1.82, 2.24) is 14.5 Å². The van der Waals surface area contributed by atoms with Crippen molar-refractivity contribution in [2.75, 3.05) is 18.0 Å². The smallest absolute Gasteiger partial charge is 0.261 e. The van der Waals surface area contributed by atoms with Gasteiger partial charge in [-0.3, -0.25) is 9.36 Å². The number of benzene rings is 1. The topological polar surface area (TPSA) is 51.0 Å². The maximum atomic E-state index is 12.8. The first-order valence-electron chi connectivity index (χ1n) is 8.94. The van der Waals surface area contributed by atoms with Gasteiger partial charge in [0, 0.05) is 30.3 Å². The third-order valence-electron chi connectivity index (χ3n) is 5.14. The van der Waals surface area contributed by atoms with E-state index >= 15 is 0 Å². The minimum atomic E-state index is 0.0742. The molecular weight excluding hydrogens is 392 g/mol. The molecule has 0 spiro atoms. The monoisotopic (exact) mass is 412 g/mol. The van der Waals surface area contributed by atoms with Gasteiger partial charge in [-0.15, -0.1) is 0 Å². The zero-order valence-corrected chi connectivity index (χ0v) is 16.3. The number of piperidine rings is 1. The van der Waals surface area contributed by atoms with Crippen LogP contribution >= 0.6 is 15.9 Å². The van der Waals surface area contributed by atoms with Crippen LogP contribution in [-0.4, -0.2) is 27.6 Å². The van der Waals surface area contributed by atoms with Crippen LogP contribution in [0.4, 0.5) is 5.82 Å². The van der Waals surface area contributed by atoms with Gasteiger partial charge >= 0.3 is 0 Å². The third-order valence-corrected chi connectivity index (χ3v) is 5.61. The minimum absolute atomic E-state index is 0.0742. The second-order valence-electron chi connectivity index (χ2n) is 6.86. The summed E-state index contributed by atoms with van der Waals surface area (Å²) in [5.74, 6) is 2.30. The Bertz CT molecular complexity index is 975. The molecule has 134 valence electrons. The zero-order chi connectivity index (χ0) is 18.1. The molecule has 1 aliphatic heterocycles. The van der Waals surface area contributed by atoms with Gasteiger partial charge in [0.15, 0.2) is 0 Å². The maximum Gasteiger partial charge on any atom is 0.261 e. The SMILES string of the molecule is Cc1nc2ccccc2c(=O)n1CC1CCN(c2ccc(Br)cn2)CC1. The standard InChI is InChI=1S/C20H21BrN4O/c1-14-23-18-5-3-2-4-17(18)20(26)25(14)13-15-8-10-24(11-9-15)19-7-6-16(21)12-22-19/h2-7,12,15H,8-11,13H2,1H3. The Labute approximate surface area is 160 Å². The van der Waals surface area contributed by atoms with Crippen LogP contribution in [0.3, 0.4) is 0 Å². The number of pyridine rings is 1. The number of rotatable bonds is 3. The molecule has 1 aromatic carbocycles. The Morgan fingerprint density at radius 1 is 1.15 bits per heavy atom. The molecule has 0 aliphatic carbocycles. The average Bonchev–Trinajstić information content (AvgIpc) is 2.66. The highest BCUT2D eigenvalue weighted by molar-refractivity contribution is 9.10. The summed E-state index contributed by atoms with van der Waals surface area (Å²) < 4.78 is 2.84. The number of nitrogens with zero attached hydrogens (tertiary/aromatic N) is 4. The van der Waals surface area contributed by atoms with Crippen LogP contribution in [0.1, 0.15) is 18.7 Å². The highest BCUT2D eigenvalue weighted by atomic mass is 79.9. The highest BCUT2D eigenvalue weighted by Crippen LogP contribution is 2.24. The fourth-order valence-corrected chi connectivity index (χ4v) is 3.89. The van der Waals surface area contributed by atoms with Crippen molar-refractivity contribution < 1.29 is 0 Å². The summed E-state index contributed by atoms with van der Waals surface area (Å²) in [6.07, 6.45) is 3.94. The molecule has 3 aromatic rings. The van der Waals surface area contributed by atoms with Gasteiger partial charge in [-0.1, -0.05) is 12.1 Å². The second kappa shape index (κ2) is 7.19. The molecule has 1 saturated heterocycles. The Morgan fingerprint density at radius 2 is 1.92 bits per heavy atom. The van der Waals surface area contributed by atoms with E-state index in [4.69, 9.17) is 0 Å². The number of para-hydroxylation sites is 1. The fourth-order valence-electron chi connectivity index (χ4n) is 3.65. The molecule has 4 rings (SSSR count). The van der Waals surface area contributed by atoms with Crippen LogP contribution < -0.4 is 10.5 Å². The number of halogens is 1. The van der Waals surface area contributed by atoms with E-state index in [1.165, 1.54) is 0 Å². The lowest BCUT2D eigenvalue weighted by atomic mass is 9.96. The van der Waals surface area contributed by atoms with Crippen molar-refractivity contribution in [1.29, 1.82) is 0 Å². The molecule has 0 unspecified atom stereocenters. The van der Waals surface area contributed by atoms with Gasteiger partial charge in [-0.25, -0.2) is 9.97 Å². The molecule has 0 N–H and O–H groups in total. The zero-order valence-electron chi connectivity index (χ0n) is 14.7. The summed E-state index contributed by atoms with van der Waals surface area (Å²) in [7, 11) is 0. The van der Waals surface area contributed by atoms with E-state index in [9.17, 15) is 4.79 Å². The Morgan fingerprint density at radius 3 is 2.65 bits per heavy atom. The van der Waals surface area contributed by atoms with Crippen molar-refractivity contribution in [3.63, 3.8) is 0 Å². The van der Waals surface area contributed by atoms with Crippen molar-refractivity contribution in [3.8, 4) is 0 Å². The van der Waals surface area contributed by atoms with Crippen molar-refractivity contribution in [2.45, 2.75) is 26.3 Å². The summed E-state index contributed by atoms with van der Waals surface area (Å²) in [5.41, 5.74) is 0.854. The van der Waals surface area contributed by atoms with Gasteiger partial charge in [0.2, 0.25) is 0 Å². The first-order chi connectivity index (χ1) is 12.6. The van der Waals surface area contributed by atoms with Crippen molar-refractivity contribution >= 4 is 32.7 Å². The van der Waals surface area contributed by atoms with E-state index in [-0.39, 0.29) is 5.56 Å². The molecular formula is C20H21BrN4O. The number of aryl methyl sites for hydroxylation is 1. The van der Waals surface area contributed by atoms with E-state index in [1.807, 2.05) is 54.1 Å². The molecule has 3 heterocycles. The molecule has 26 heavy (non-hydrogen) atoms. The van der Waals surface area contributed by atoms with Crippen LogP contribution in [0.2, 0.25) is 0 Å². The first kappa shape index (κ1) is 17.2. The normalized spacial score (nSPS) is 15.5. The molecule has 1 aliphatic rings. The van der Waals surface area contributed by atoms with Gasteiger partial charge in [0.25, 0.3) is 5.56 Å². The number of aromatic nitrogens is 3. The number of hydrogen-bond acceptors (Lipinski definition) is 4. The Hall–Kier alpha value is -2.21. The minimum Gasteiger partial charge on any atom is -0.357 e. The maximum absolute atomic E-state index is 12.8. The predicted molar refractivity (Wildman–Crippen MR) is 108 cm³/mol. The van der Waals surface area contributed by atoms with Crippen LogP contribution in [0.25, 0.3) is 10.9 Å². The average molecular weight is 413 g/mol. The largest absolute Gasteiger partial charge is 0.357 e. The van der Waals surface area contributed by atoms with Crippen LogP contribution in [0.15, 0.2) is 51.9 Å². The Kier molecular flexibility index (Phi) is 4.76. The van der Waals surface area contributed by atoms with E-state index in [0.717, 1.165) is 54.1 Å². The van der Waals surface area contributed by atoms with E-state index in [2.05, 4.69) is 30.8 Å². The fraction of sp³-hybridized carbons (Fsp3) is 0.350.